The number of rotatable bonds is 9. The first-order valence-corrected chi connectivity index (χ1v) is 11.0. The summed E-state index contributed by atoms with van der Waals surface area (Å²) in [4.78, 5) is 23.7. The SMILES string of the molecule is CCCNC(=O)CCC(=O)Nc1ccc(C)c(S(=O)(=O)Nc2cccc(Cl)c2)c1. The van der Waals surface area contributed by atoms with Gasteiger partial charge in [0.15, 0.2) is 0 Å². The molecule has 0 heterocycles. The normalized spacial score (nSPS) is 11.0. The summed E-state index contributed by atoms with van der Waals surface area (Å²) in [6.45, 7) is 4.17. The summed E-state index contributed by atoms with van der Waals surface area (Å²) in [5.41, 5.74) is 1.20. The largest absolute Gasteiger partial charge is 0.356 e. The zero-order valence-corrected chi connectivity index (χ0v) is 17.9. The summed E-state index contributed by atoms with van der Waals surface area (Å²) in [7, 11) is -3.88. The van der Waals surface area contributed by atoms with Gasteiger partial charge < -0.3 is 10.6 Å². The number of nitrogens with one attached hydrogen (secondary N) is 3. The third-order valence-electron chi connectivity index (χ3n) is 3.99. The third-order valence-corrected chi connectivity index (χ3v) is 5.75. The molecular weight excluding hydrogens is 414 g/mol. The molecular formula is C20H24ClN3O4S. The number of amides is 2. The summed E-state index contributed by atoms with van der Waals surface area (Å²) >= 11 is 5.90. The molecule has 0 bridgehead atoms. The van der Waals surface area contributed by atoms with Gasteiger partial charge in [-0.2, -0.15) is 0 Å². The van der Waals surface area contributed by atoms with Gasteiger partial charge in [0.2, 0.25) is 11.8 Å². The van der Waals surface area contributed by atoms with Crippen molar-refractivity contribution in [2.75, 3.05) is 16.6 Å². The number of carbonyl (C=O) groups is 2. The maximum absolute atomic E-state index is 12.8. The lowest BCUT2D eigenvalue weighted by Crippen LogP contribution is -2.25. The second kappa shape index (κ2) is 10.3. The van der Waals surface area contributed by atoms with Crippen LogP contribution in [0.4, 0.5) is 11.4 Å². The number of aryl methyl sites for hydroxylation is 1. The fraction of sp³-hybridized carbons (Fsp3) is 0.300. The molecule has 0 unspecified atom stereocenters. The number of benzene rings is 2. The molecule has 0 saturated carbocycles. The number of halogens is 1. The summed E-state index contributed by atoms with van der Waals surface area (Å²) in [6.07, 6.45) is 0.896. The Bertz CT molecular complexity index is 993. The number of hydrogen-bond donors (Lipinski definition) is 3. The Kier molecular flexibility index (Phi) is 8.04. The smallest absolute Gasteiger partial charge is 0.262 e. The number of sulfonamides is 1. The average Bonchev–Trinajstić information content (AvgIpc) is 2.65. The highest BCUT2D eigenvalue weighted by Crippen LogP contribution is 2.24. The summed E-state index contributed by atoms with van der Waals surface area (Å²) in [5.74, 6) is -0.563. The van der Waals surface area contributed by atoms with Crippen molar-refractivity contribution in [3.63, 3.8) is 0 Å². The maximum Gasteiger partial charge on any atom is 0.262 e. The fourth-order valence-electron chi connectivity index (χ4n) is 2.53. The quantitative estimate of drug-likeness (QED) is 0.556. The molecule has 0 aliphatic rings. The Morgan fingerprint density at radius 3 is 2.41 bits per heavy atom. The van der Waals surface area contributed by atoms with E-state index in [0.717, 1.165) is 6.42 Å². The van der Waals surface area contributed by atoms with Crippen molar-refractivity contribution in [3.8, 4) is 0 Å². The molecule has 7 nitrogen and oxygen atoms in total. The number of anilines is 2. The lowest BCUT2D eigenvalue weighted by atomic mass is 10.2. The lowest BCUT2D eigenvalue weighted by Gasteiger charge is -2.13. The van der Waals surface area contributed by atoms with E-state index >= 15 is 0 Å². The van der Waals surface area contributed by atoms with Crippen LogP contribution >= 0.6 is 11.6 Å². The van der Waals surface area contributed by atoms with E-state index in [0.29, 0.717) is 28.5 Å². The Hall–Kier alpha value is -2.58. The molecule has 2 amide bonds. The molecule has 0 spiro atoms. The Morgan fingerprint density at radius 1 is 1.00 bits per heavy atom. The molecule has 0 atom stereocenters. The van der Waals surface area contributed by atoms with Gasteiger partial charge in [0, 0.05) is 30.1 Å². The van der Waals surface area contributed by atoms with E-state index in [4.69, 9.17) is 11.6 Å². The van der Waals surface area contributed by atoms with Crippen molar-refractivity contribution < 1.29 is 18.0 Å². The van der Waals surface area contributed by atoms with E-state index in [-0.39, 0.29) is 29.6 Å². The van der Waals surface area contributed by atoms with Crippen LogP contribution in [0.15, 0.2) is 47.4 Å². The van der Waals surface area contributed by atoms with Crippen LogP contribution in [0, 0.1) is 6.92 Å². The molecule has 0 saturated heterocycles. The molecule has 0 radical (unpaired) electrons. The lowest BCUT2D eigenvalue weighted by molar-refractivity contribution is -0.124. The fourth-order valence-corrected chi connectivity index (χ4v) is 4.04. The van der Waals surface area contributed by atoms with E-state index in [1.165, 1.54) is 12.1 Å². The van der Waals surface area contributed by atoms with Crippen LogP contribution in [-0.4, -0.2) is 26.8 Å². The molecule has 0 aromatic heterocycles. The second-order valence-corrected chi connectivity index (χ2v) is 8.58. The number of carbonyl (C=O) groups excluding carboxylic acids is 2. The van der Waals surface area contributed by atoms with Gasteiger partial charge in [-0.1, -0.05) is 30.7 Å². The van der Waals surface area contributed by atoms with Crippen molar-refractivity contribution in [1.82, 2.24) is 5.32 Å². The topological polar surface area (TPSA) is 104 Å². The Labute approximate surface area is 175 Å². The van der Waals surface area contributed by atoms with Crippen LogP contribution in [0.25, 0.3) is 0 Å². The van der Waals surface area contributed by atoms with E-state index in [2.05, 4.69) is 15.4 Å². The van der Waals surface area contributed by atoms with Crippen LogP contribution in [0.2, 0.25) is 5.02 Å². The van der Waals surface area contributed by atoms with Gasteiger partial charge in [-0.3, -0.25) is 14.3 Å². The van der Waals surface area contributed by atoms with Gasteiger partial charge in [-0.15, -0.1) is 0 Å². The van der Waals surface area contributed by atoms with E-state index in [1.54, 1.807) is 37.3 Å². The first-order chi connectivity index (χ1) is 13.7. The predicted octanol–water partition coefficient (Wildman–Crippen LogP) is 3.69. The molecule has 2 rings (SSSR count). The third kappa shape index (κ3) is 7.07. The van der Waals surface area contributed by atoms with Crippen molar-refractivity contribution >= 4 is 44.8 Å². The summed E-state index contributed by atoms with van der Waals surface area (Å²) < 4.78 is 28.0. The standard InChI is InChI=1S/C20H24ClN3O4S/c1-3-11-22-19(25)9-10-20(26)23-16-8-7-14(2)18(13-16)29(27,28)24-17-6-4-5-15(21)12-17/h4-8,12-13,24H,3,9-11H2,1-2H3,(H,22,25)(H,23,26). The molecule has 9 heteroatoms. The highest BCUT2D eigenvalue weighted by atomic mass is 35.5. The van der Waals surface area contributed by atoms with Crippen molar-refractivity contribution in [2.24, 2.45) is 0 Å². The molecule has 2 aromatic rings. The zero-order chi connectivity index (χ0) is 21.4. The van der Waals surface area contributed by atoms with Crippen molar-refractivity contribution in [2.45, 2.75) is 38.0 Å². The minimum atomic E-state index is -3.88. The molecule has 0 aliphatic heterocycles. The second-order valence-electron chi connectivity index (χ2n) is 6.49. The van der Waals surface area contributed by atoms with Gasteiger partial charge in [-0.25, -0.2) is 8.42 Å². The predicted molar refractivity (Wildman–Crippen MR) is 115 cm³/mol. The Morgan fingerprint density at radius 2 is 1.72 bits per heavy atom. The monoisotopic (exact) mass is 437 g/mol. The number of hydrogen-bond acceptors (Lipinski definition) is 4. The molecule has 2 aromatic carbocycles. The van der Waals surface area contributed by atoms with Gasteiger partial charge in [0.05, 0.1) is 10.6 Å². The van der Waals surface area contributed by atoms with Gasteiger partial charge in [-0.05, 0) is 49.2 Å². The van der Waals surface area contributed by atoms with Gasteiger partial charge >= 0.3 is 0 Å². The molecule has 0 aliphatic carbocycles. The minimum absolute atomic E-state index is 0.00622. The van der Waals surface area contributed by atoms with Crippen LogP contribution in [-0.2, 0) is 19.6 Å². The highest BCUT2D eigenvalue weighted by molar-refractivity contribution is 7.92. The first kappa shape index (κ1) is 22.7. The summed E-state index contributed by atoms with van der Waals surface area (Å²) in [6, 6.07) is 11.0. The summed E-state index contributed by atoms with van der Waals surface area (Å²) in [5, 5.41) is 5.74. The minimum Gasteiger partial charge on any atom is -0.356 e. The molecule has 29 heavy (non-hydrogen) atoms. The molecule has 0 fully saturated rings. The van der Waals surface area contributed by atoms with E-state index in [1.807, 2.05) is 6.92 Å². The average molecular weight is 438 g/mol. The first-order valence-electron chi connectivity index (χ1n) is 9.17. The zero-order valence-electron chi connectivity index (χ0n) is 16.3. The van der Waals surface area contributed by atoms with Gasteiger partial charge in [0.25, 0.3) is 10.0 Å². The maximum atomic E-state index is 12.8. The van der Waals surface area contributed by atoms with Crippen LogP contribution in [0.1, 0.15) is 31.7 Å². The van der Waals surface area contributed by atoms with Gasteiger partial charge in [0.1, 0.15) is 0 Å². The van der Waals surface area contributed by atoms with Crippen LogP contribution < -0.4 is 15.4 Å². The van der Waals surface area contributed by atoms with Crippen LogP contribution in [0.5, 0.6) is 0 Å². The van der Waals surface area contributed by atoms with E-state index in [9.17, 15) is 18.0 Å². The molecule has 156 valence electrons. The van der Waals surface area contributed by atoms with Crippen molar-refractivity contribution in [3.05, 3.63) is 53.1 Å². The van der Waals surface area contributed by atoms with E-state index < -0.39 is 10.0 Å². The Balaban J connectivity index is 2.08. The highest BCUT2D eigenvalue weighted by Gasteiger charge is 2.18. The van der Waals surface area contributed by atoms with Crippen LogP contribution in [0.3, 0.4) is 0 Å². The van der Waals surface area contributed by atoms with Crippen molar-refractivity contribution in [1.29, 1.82) is 0 Å². The molecule has 3 N–H and O–H groups in total.